The van der Waals surface area contributed by atoms with E-state index in [0.717, 1.165) is 17.7 Å². The summed E-state index contributed by atoms with van der Waals surface area (Å²) < 4.78 is 41.3. The lowest BCUT2D eigenvalue weighted by Gasteiger charge is -2.31. The molecule has 0 radical (unpaired) electrons. The van der Waals surface area contributed by atoms with Gasteiger partial charge in [-0.3, -0.25) is 9.48 Å². The van der Waals surface area contributed by atoms with Crippen molar-refractivity contribution in [2.75, 3.05) is 17.3 Å². The van der Waals surface area contributed by atoms with Gasteiger partial charge in [-0.1, -0.05) is 0 Å². The third-order valence-electron chi connectivity index (χ3n) is 5.08. The number of aromatic nitrogens is 4. The Hall–Kier alpha value is -3.43. The van der Waals surface area contributed by atoms with E-state index in [1.807, 2.05) is 7.05 Å². The number of nitrogens with one attached hydrogen (secondary N) is 1. The molecule has 3 heterocycles. The summed E-state index contributed by atoms with van der Waals surface area (Å²) in [4.78, 5) is 22.5. The molecule has 0 unspecified atom stereocenters. The van der Waals surface area contributed by atoms with Crippen molar-refractivity contribution in [2.24, 2.45) is 0 Å². The quantitative estimate of drug-likeness (QED) is 0.648. The predicted molar refractivity (Wildman–Crippen MR) is 104 cm³/mol. The topological polar surface area (TPSA) is 75.9 Å². The monoisotopic (exact) mass is 416 g/mol. The molecule has 1 N–H and O–H groups in total. The van der Waals surface area contributed by atoms with Gasteiger partial charge in [-0.2, -0.15) is 5.10 Å². The number of halogens is 3. The number of anilines is 2. The van der Waals surface area contributed by atoms with Gasteiger partial charge in [0.25, 0.3) is 0 Å². The van der Waals surface area contributed by atoms with Gasteiger partial charge in [-0.05, 0) is 36.6 Å². The van der Waals surface area contributed by atoms with Crippen LogP contribution >= 0.6 is 0 Å². The first-order valence-corrected chi connectivity index (χ1v) is 9.36. The first-order chi connectivity index (χ1) is 14.3. The molecule has 2 aromatic heterocycles. The van der Waals surface area contributed by atoms with Crippen LogP contribution in [0.5, 0.6) is 0 Å². The minimum atomic E-state index is -1.48. The molecule has 0 saturated heterocycles. The van der Waals surface area contributed by atoms with Crippen LogP contribution in [-0.2, 0) is 24.2 Å². The van der Waals surface area contributed by atoms with Crippen molar-refractivity contribution in [3.63, 3.8) is 0 Å². The first kappa shape index (κ1) is 19.9. The third-order valence-corrected chi connectivity index (χ3v) is 5.08. The lowest BCUT2D eigenvalue weighted by Crippen LogP contribution is -2.44. The second-order valence-corrected chi connectivity index (χ2v) is 7.22. The van der Waals surface area contributed by atoms with Gasteiger partial charge in [0.2, 0.25) is 5.91 Å². The van der Waals surface area contributed by atoms with Crippen LogP contribution in [0.25, 0.3) is 0 Å². The minimum absolute atomic E-state index is 0.102. The molecule has 0 bridgehead atoms. The highest BCUT2D eigenvalue weighted by Gasteiger charge is 2.28. The molecule has 7 nitrogen and oxygen atoms in total. The average Bonchev–Trinajstić information content (AvgIpc) is 3.16. The second-order valence-electron chi connectivity index (χ2n) is 7.22. The Morgan fingerprint density at radius 3 is 2.57 bits per heavy atom. The normalized spacial score (nSPS) is 15.8. The molecule has 0 aliphatic carbocycles. The van der Waals surface area contributed by atoms with Crippen molar-refractivity contribution in [3.05, 3.63) is 65.1 Å². The highest BCUT2D eigenvalue weighted by molar-refractivity contribution is 6.02. The molecular formula is C20H19F3N6O. The van der Waals surface area contributed by atoms with Crippen molar-refractivity contribution >= 4 is 17.4 Å². The maximum atomic E-state index is 13.4. The fourth-order valence-electron chi connectivity index (χ4n) is 3.25. The summed E-state index contributed by atoms with van der Waals surface area (Å²) in [5.41, 5.74) is 1.75. The molecule has 30 heavy (non-hydrogen) atoms. The first-order valence-electron chi connectivity index (χ1n) is 9.36. The van der Waals surface area contributed by atoms with Crippen molar-refractivity contribution < 1.29 is 18.0 Å². The van der Waals surface area contributed by atoms with E-state index in [1.165, 1.54) is 4.68 Å². The Labute approximate surface area is 170 Å². The lowest BCUT2D eigenvalue weighted by atomic mass is 10.1. The molecule has 1 aliphatic heterocycles. The van der Waals surface area contributed by atoms with Crippen LogP contribution < -0.4 is 10.2 Å². The number of hydrogen-bond donors (Lipinski definition) is 1. The maximum absolute atomic E-state index is 13.4. The average molecular weight is 416 g/mol. The smallest absolute Gasteiger partial charge is 0.246 e. The van der Waals surface area contributed by atoms with Crippen molar-refractivity contribution in [1.29, 1.82) is 0 Å². The van der Waals surface area contributed by atoms with Gasteiger partial charge in [-0.15, -0.1) is 0 Å². The summed E-state index contributed by atoms with van der Waals surface area (Å²) in [6, 6.07) is 1.59. The molecule has 1 atom stereocenters. The van der Waals surface area contributed by atoms with E-state index >= 15 is 0 Å². The van der Waals surface area contributed by atoms with Crippen LogP contribution in [0.2, 0.25) is 0 Å². The van der Waals surface area contributed by atoms with Crippen LogP contribution in [0.15, 0.2) is 30.7 Å². The number of hydrogen-bond acceptors (Lipinski definition) is 5. The van der Waals surface area contributed by atoms with Crippen LogP contribution in [0.3, 0.4) is 0 Å². The summed E-state index contributed by atoms with van der Waals surface area (Å²) in [5, 5.41) is 6.97. The van der Waals surface area contributed by atoms with Crippen molar-refractivity contribution in [3.8, 4) is 0 Å². The number of likely N-dealkylation sites (N-methyl/N-ethyl adjacent to an activating group) is 1. The molecular weight excluding hydrogens is 397 g/mol. The van der Waals surface area contributed by atoms with E-state index in [4.69, 9.17) is 0 Å². The predicted octanol–water partition coefficient (Wildman–Crippen LogP) is 2.70. The van der Waals surface area contributed by atoms with Gasteiger partial charge in [0.05, 0.1) is 18.9 Å². The van der Waals surface area contributed by atoms with Crippen LogP contribution in [0, 0.1) is 17.5 Å². The molecule has 3 aromatic rings. The van der Waals surface area contributed by atoms with Crippen molar-refractivity contribution in [1.82, 2.24) is 19.7 Å². The highest BCUT2D eigenvalue weighted by Crippen LogP contribution is 2.28. The number of benzene rings is 1. The number of nitrogens with zero attached hydrogens (tertiary/aromatic N) is 5. The summed E-state index contributed by atoms with van der Waals surface area (Å²) in [6.07, 6.45) is 6.17. The van der Waals surface area contributed by atoms with Crippen molar-refractivity contribution in [2.45, 2.75) is 32.4 Å². The van der Waals surface area contributed by atoms with Gasteiger partial charge in [0, 0.05) is 19.7 Å². The zero-order valence-corrected chi connectivity index (χ0v) is 16.4. The zero-order valence-electron chi connectivity index (χ0n) is 16.4. The Morgan fingerprint density at radius 2 is 1.83 bits per heavy atom. The third kappa shape index (κ3) is 3.85. The fourth-order valence-corrected chi connectivity index (χ4v) is 3.25. The van der Waals surface area contributed by atoms with Gasteiger partial charge >= 0.3 is 0 Å². The Kier molecular flexibility index (Phi) is 5.15. The minimum Gasteiger partial charge on any atom is -0.346 e. The molecule has 10 heteroatoms. The highest BCUT2D eigenvalue weighted by atomic mass is 19.2. The Morgan fingerprint density at radius 1 is 1.10 bits per heavy atom. The van der Waals surface area contributed by atoms with E-state index in [9.17, 15) is 18.0 Å². The lowest BCUT2D eigenvalue weighted by molar-refractivity contribution is -0.117. The fraction of sp³-hybridized carbons (Fsp3) is 0.300. The van der Waals surface area contributed by atoms with Gasteiger partial charge in [-0.25, -0.2) is 23.1 Å². The zero-order chi connectivity index (χ0) is 21.4. The number of carbonyl (C=O) groups is 1. The molecule has 1 amide bonds. The number of fused-ring (bicyclic) bond motifs is 1. The number of amides is 1. The van der Waals surface area contributed by atoms with E-state index in [2.05, 4.69) is 20.4 Å². The molecule has 0 fully saturated rings. The van der Waals surface area contributed by atoms with Crippen LogP contribution in [0.1, 0.15) is 23.9 Å². The van der Waals surface area contributed by atoms with E-state index < -0.39 is 17.5 Å². The summed E-state index contributed by atoms with van der Waals surface area (Å²) in [7, 11) is 1.81. The summed E-state index contributed by atoms with van der Waals surface area (Å²) >= 11 is 0. The Balaban J connectivity index is 1.42. The largest absolute Gasteiger partial charge is 0.346 e. The van der Waals surface area contributed by atoms with Gasteiger partial charge < -0.3 is 10.2 Å². The number of rotatable bonds is 5. The molecule has 0 spiro atoms. The number of carbonyl (C=O) groups excluding carboxylic acids is 1. The van der Waals surface area contributed by atoms with Gasteiger partial charge in [0.1, 0.15) is 17.6 Å². The summed E-state index contributed by atoms with van der Waals surface area (Å²) in [6.45, 7) is 1.92. The maximum Gasteiger partial charge on any atom is 0.246 e. The second kappa shape index (κ2) is 7.77. The van der Waals surface area contributed by atoms with Crippen LogP contribution in [0.4, 0.5) is 24.7 Å². The molecule has 4 rings (SSSR count). The SMILES string of the molecule is C[C@@H]1C(=O)Nc2cnc(CCc3cnn(Cc4cc(F)c(F)c(F)c4)c3)nc2N1C. The molecule has 1 aliphatic rings. The molecule has 156 valence electrons. The standard InChI is InChI=1S/C20H19F3N6O/c1-11-20(30)26-16-8-24-17(27-19(16)28(11)2)4-3-12-7-25-29(9-12)10-13-5-14(21)18(23)15(22)6-13/h5-9,11H,3-4,10H2,1-2H3,(H,26,30)/t11-/m1/s1. The van der Waals surface area contributed by atoms with E-state index in [1.54, 1.807) is 30.4 Å². The van der Waals surface area contributed by atoms with E-state index in [-0.39, 0.29) is 24.1 Å². The molecule has 1 aromatic carbocycles. The van der Waals surface area contributed by atoms with E-state index in [0.29, 0.717) is 30.2 Å². The van der Waals surface area contributed by atoms with Crippen LogP contribution in [-0.4, -0.2) is 38.7 Å². The number of aryl methyl sites for hydroxylation is 2. The Bertz CT molecular complexity index is 1090. The van der Waals surface area contributed by atoms with Gasteiger partial charge in [0.15, 0.2) is 23.3 Å². The summed E-state index contributed by atoms with van der Waals surface area (Å²) in [5.74, 6) is -2.74. The molecule has 0 saturated carbocycles.